The summed E-state index contributed by atoms with van der Waals surface area (Å²) in [4.78, 5) is 15.6. The molecule has 1 aromatic heterocycles. The lowest BCUT2D eigenvalue weighted by molar-refractivity contribution is -0.136. The molecule has 7 heteroatoms. The number of benzene rings is 2. The monoisotopic (exact) mass is 410 g/mol. The van der Waals surface area contributed by atoms with Crippen LogP contribution in [-0.2, 0) is 6.18 Å². The van der Waals surface area contributed by atoms with Crippen LogP contribution in [0.3, 0.4) is 0 Å². The van der Waals surface area contributed by atoms with Crippen LogP contribution in [-0.4, -0.2) is 10.9 Å². The van der Waals surface area contributed by atoms with Gasteiger partial charge in [-0.2, -0.15) is 13.2 Å². The molecule has 1 amide bonds. The number of H-pyrrole nitrogens is 1. The second-order valence-corrected chi connectivity index (χ2v) is 6.69. The summed E-state index contributed by atoms with van der Waals surface area (Å²) in [5.74, 6) is -0.590. The summed E-state index contributed by atoms with van der Waals surface area (Å²) < 4.78 is 39.8. The van der Waals surface area contributed by atoms with E-state index in [-0.39, 0.29) is 10.2 Å². The number of aryl methyl sites for hydroxylation is 2. The van der Waals surface area contributed by atoms with Gasteiger partial charge in [0.1, 0.15) is 0 Å². The van der Waals surface area contributed by atoms with Gasteiger partial charge in [0.05, 0.1) is 11.3 Å². The standard InChI is InChI=1S/C18H14BrF3N2O/c1-9-10(2)23-15-5-3-11(7-13(9)15)17(25)24-16-6-4-12(19)8-14(16)18(20,21)22/h3-8,23H,1-2H3,(H,24,25). The highest BCUT2D eigenvalue weighted by molar-refractivity contribution is 9.10. The van der Waals surface area contributed by atoms with Crippen LogP contribution in [0.5, 0.6) is 0 Å². The molecule has 0 bridgehead atoms. The molecule has 0 fully saturated rings. The molecule has 0 aliphatic rings. The van der Waals surface area contributed by atoms with E-state index >= 15 is 0 Å². The fraction of sp³-hybridized carbons (Fsp3) is 0.167. The van der Waals surface area contributed by atoms with E-state index in [0.29, 0.717) is 5.56 Å². The van der Waals surface area contributed by atoms with Crippen molar-refractivity contribution in [1.29, 1.82) is 0 Å². The van der Waals surface area contributed by atoms with Gasteiger partial charge in [-0.3, -0.25) is 4.79 Å². The molecule has 0 aliphatic carbocycles. The number of hydrogen-bond acceptors (Lipinski definition) is 1. The molecule has 2 N–H and O–H groups in total. The van der Waals surface area contributed by atoms with E-state index < -0.39 is 17.6 Å². The number of carbonyl (C=O) groups excluding carboxylic acids is 1. The Morgan fingerprint density at radius 2 is 1.84 bits per heavy atom. The topological polar surface area (TPSA) is 44.9 Å². The van der Waals surface area contributed by atoms with Gasteiger partial charge in [0.25, 0.3) is 5.91 Å². The number of anilines is 1. The predicted octanol–water partition coefficient (Wildman–Crippen LogP) is 5.82. The van der Waals surface area contributed by atoms with Crippen LogP contribution in [0.4, 0.5) is 18.9 Å². The van der Waals surface area contributed by atoms with Gasteiger partial charge in [-0.25, -0.2) is 0 Å². The van der Waals surface area contributed by atoms with Crippen molar-refractivity contribution in [1.82, 2.24) is 4.98 Å². The molecular weight excluding hydrogens is 397 g/mol. The smallest absolute Gasteiger partial charge is 0.358 e. The molecule has 1 heterocycles. The van der Waals surface area contributed by atoms with Crippen LogP contribution in [0, 0.1) is 13.8 Å². The summed E-state index contributed by atoms with van der Waals surface area (Å²) in [6.45, 7) is 3.85. The lowest BCUT2D eigenvalue weighted by atomic mass is 10.1. The zero-order valence-electron chi connectivity index (χ0n) is 13.4. The van der Waals surface area contributed by atoms with E-state index in [1.165, 1.54) is 12.1 Å². The molecule has 3 nitrogen and oxygen atoms in total. The first-order chi connectivity index (χ1) is 11.7. The Labute approximate surface area is 150 Å². The first-order valence-electron chi connectivity index (χ1n) is 7.44. The summed E-state index contributed by atoms with van der Waals surface area (Å²) in [5, 5.41) is 3.23. The van der Waals surface area contributed by atoms with E-state index in [4.69, 9.17) is 0 Å². The quantitative estimate of drug-likeness (QED) is 0.549. The molecule has 0 radical (unpaired) electrons. The highest BCUT2D eigenvalue weighted by atomic mass is 79.9. The van der Waals surface area contributed by atoms with Gasteiger partial charge in [0.2, 0.25) is 0 Å². The van der Waals surface area contributed by atoms with E-state index in [1.54, 1.807) is 18.2 Å². The highest BCUT2D eigenvalue weighted by Gasteiger charge is 2.34. The number of hydrogen-bond donors (Lipinski definition) is 2. The van der Waals surface area contributed by atoms with Crippen LogP contribution < -0.4 is 5.32 Å². The van der Waals surface area contributed by atoms with Gasteiger partial charge in [-0.15, -0.1) is 0 Å². The Morgan fingerprint density at radius 1 is 1.12 bits per heavy atom. The average Bonchev–Trinajstić information content (AvgIpc) is 2.82. The molecule has 0 unspecified atom stereocenters. The van der Waals surface area contributed by atoms with Gasteiger partial charge in [-0.05, 0) is 55.8 Å². The van der Waals surface area contributed by atoms with Crippen LogP contribution in [0.2, 0.25) is 0 Å². The van der Waals surface area contributed by atoms with Gasteiger partial charge in [-0.1, -0.05) is 15.9 Å². The molecule has 0 saturated carbocycles. The van der Waals surface area contributed by atoms with Gasteiger partial charge in [0.15, 0.2) is 0 Å². The lowest BCUT2D eigenvalue weighted by Gasteiger charge is -2.14. The molecule has 0 aliphatic heterocycles. The normalized spacial score (nSPS) is 11.8. The number of amides is 1. The van der Waals surface area contributed by atoms with Crippen molar-refractivity contribution in [3.8, 4) is 0 Å². The number of alkyl halides is 3. The first kappa shape index (κ1) is 17.5. The maximum atomic E-state index is 13.2. The summed E-state index contributed by atoms with van der Waals surface area (Å²) in [6, 6.07) is 8.63. The summed E-state index contributed by atoms with van der Waals surface area (Å²) in [5.41, 5.74) is 1.99. The fourth-order valence-electron chi connectivity index (χ4n) is 2.66. The van der Waals surface area contributed by atoms with Gasteiger partial charge < -0.3 is 10.3 Å². The fourth-order valence-corrected chi connectivity index (χ4v) is 3.02. The van der Waals surface area contributed by atoms with Crippen LogP contribution in [0.15, 0.2) is 40.9 Å². The third-order valence-electron chi connectivity index (χ3n) is 4.11. The minimum absolute atomic E-state index is 0.275. The molecule has 0 saturated heterocycles. The van der Waals surface area contributed by atoms with Crippen LogP contribution in [0.1, 0.15) is 27.2 Å². The Morgan fingerprint density at radius 3 is 2.52 bits per heavy atom. The van der Waals surface area contributed by atoms with Crippen molar-refractivity contribution in [3.05, 3.63) is 63.3 Å². The van der Waals surface area contributed by atoms with Crippen molar-refractivity contribution >= 4 is 38.4 Å². The number of carbonyl (C=O) groups is 1. The van der Waals surface area contributed by atoms with Crippen molar-refractivity contribution in [3.63, 3.8) is 0 Å². The zero-order chi connectivity index (χ0) is 18.4. The number of fused-ring (bicyclic) bond motifs is 1. The molecular formula is C18H14BrF3N2O. The minimum Gasteiger partial charge on any atom is -0.358 e. The maximum absolute atomic E-state index is 13.2. The van der Waals surface area contributed by atoms with Crippen molar-refractivity contribution in [2.24, 2.45) is 0 Å². The first-order valence-corrected chi connectivity index (χ1v) is 8.23. The molecule has 130 valence electrons. The number of aromatic nitrogens is 1. The van der Waals surface area contributed by atoms with E-state index in [9.17, 15) is 18.0 Å². The average molecular weight is 411 g/mol. The summed E-state index contributed by atoms with van der Waals surface area (Å²) >= 11 is 3.02. The van der Waals surface area contributed by atoms with Crippen LogP contribution in [0.25, 0.3) is 10.9 Å². The van der Waals surface area contributed by atoms with Gasteiger partial charge >= 0.3 is 6.18 Å². The molecule has 2 aromatic carbocycles. The molecule has 3 rings (SSSR count). The Hall–Kier alpha value is -2.28. The second kappa shape index (κ2) is 6.22. The zero-order valence-corrected chi connectivity index (χ0v) is 15.0. The Kier molecular flexibility index (Phi) is 4.36. The number of rotatable bonds is 2. The largest absolute Gasteiger partial charge is 0.418 e. The Balaban J connectivity index is 1.97. The van der Waals surface area contributed by atoms with E-state index in [1.807, 2.05) is 13.8 Å². The predicted molar refractivity (Wildman–Crippen MR) is 94.9 cm³/mol. The highest BCUT2D eigenvalue weighted by Crippen LogP contribution is 2.36. The lowest BCUT2D eigenvalue weighted by Crippen LogP contribution is -2.16. The van der Waals surface area contributed by atoms with Crippen molar-refractivity contribution in [2.45, 2.75) is 20.0 Å². The number of aromatic amines is 1. The SMILES string of the molecule is Cc1[nH]c2ccc(C(=O)Nc3ccc(Br)cc3C(F)(F)F)cc2c1C. The summed E-state index contributed by atoms with van der Waals surface area (Å²) in [7, 11) is 0. The third kappa shape index (κ3) is 3.42. The van der Waals surface area contributed by atoms with Gasteiger partial charge in [0, 0.05) is 26.6 Å². The molecule has 0 spiro atoms. The van der Waals surface area contributed by atoms with Crippen molar-refractivity contribution < 1.29 is 18.0 Å². The van der Waals surface area contributed by atoms with Crippen molar-refractivity contribution in [2.75, 3.05) is 5.32 Å². The molecule has 0 atom stereocenters. The third-order valence-corrected chi connectivity index (χ3v) is 4.60. The van der Waals surface area contributed by atoms with E-state index in [2.05, 4.69) is 26.2 Å². The maximum Gasteiger partial charge on any atom is 0.418 e. The molecule has 25 heavy (non-hydrogen) atoms. The summed E-state index contributed by atoms with van der Waals surface area (Å²) in [6.07, 6.45) is -4.56. The minimum atomic E-state index is -4.56. The number of nitrogens with one attached hydrogen (secondary N) is 2. The Bertz CT molecular complexity index is 976. The number of halogens is 4. The van der Waals surface area contributed by atoms with Crippen LogP contribution >= 0.6 is 15.9 Å². The van der Waals surface area contributed by atoms with E-state index in [0.717, 1.165) is 28.2 Å². The molecule has 3 aromatic rings. The second-order valence-electron chi connectivity index (χ2n) is 5.78.